The molecule has 0 aromatic heterocycles. The van der Waals surface area contributed by atoms with Crippen LogP contribution in [0.3, 0.4) is 0 Å². The van der Waals surface area contributed by atoms with Gasteiger partial charge in [0.25, 0.3) is 0 Å². The van der Waals surface area contributed by atoms with Crippen molar-refractivity contribution in [2.75, 3.05) is 13.6 Å². The summed E-state index contributed by atoms with van der Waals surface area (Å²) in [5, 5.41) is 3.11. The molecule has 1 saturated carbocycles. The van der Waals surface area contributed by atoms with Gasteiger partial charge >= 0.3 is 0 Å². The van der Waals surface area contributed by atoms with E-state index in [1.165, 1.54) is 5.56 Å². The highest BCUT2D eigenvalue weighted by molar-refractivity contribution is 5.80. The van der Waals surface area contributed by atoms with E-state index in [1.54, 1.807) is 0 Å². The van der Waals surface area contributed by atoms with Gasteiger partial charge in [0.05, 0.1) is 5.92 Å². The molecular weight excluding hydrogens is 286 g/mol. The van der Waals surface area contributed by atoms with Crippen LogP contribution >= 0.6 is 0 Å². The maximum absolute atomic E-state index is 12.5. The van der Waals surface area contributed by atoms with Gasteiger partial charge in [0.1, 0.15) is 0 Å². The molecule has 23 heavy (non-hydrogen) atoms. The Bertz CT molecular complexity index is 501. The van der Waals surface area contributed by atoms with Gasteiger partial charge < -0.3 is 11.1 Å². The van der Waals surface area contributed by atoms with E-state index >= 15 is 0 Å². The third kappa shape index (κ3) is 5.05. The summed E-state index contributed by atoms with van der Waals surface area (Å²) in [7, 11) is 2.09. The molecule has 0 saturated heterocycles. The number of carbonyl (C=O) groups is 1. The van der Waals surface area contributed by atoms with Gasteiger partial charge in [-0.3, -0.25) is 9.69 Å². The van der Waals surface area contributed by atoms with E-state index in [2.05, 4.69) is 48.5 Å². The molecule has 3 N–H and O–H groups in total. The zero-order valence-electron chi connectivity index (χ0n) is 14.7. The van der Waals surface area contributed by atoms with Crippen molar-refractivity contribution in [2.45, 2.75) is 57.7 Å². The summed E-state index contributed by atoms with van der Waals surface area (Å²) < 4.78 is 0. The van der Waals surface area contributed by atoms with Crippen molar-refractivity contribution in [3.8, 4) is 0 Å². The van der Waals surface area contributed by atoms with E-state index in [4.69, 9.17) is 5.73 Å². The fourth-order valence-electron chi connectivity index (χ4n) is 3.34. The molecule has 1 aliphatic carbocycles. The quantitative estimate of drug-likeness (QED) is 0.847. The van der Waals surface area contributed by atoms with Crippen LogP contribution in [0.15, 0.2) is 30.3 Å². The van der Waals surface area contributed by atoms with E-state index in [9.17, 15) is 4.79 Å². The largest absolute Gasteiger partial charge is 0.354 e. The van der Waals surface area contributed by atoms with E-state index in [0.29, 0.717) is 6.54 Å². The predicted molar refractivity (Wildman–Crippen MR) is 94.9 cm³/mol. The summed E-state index contributed by atoms with van der Waals surface area (Å²) in [5.41, 5.74) is 7.25. The lowest BCUT2D eigenvalue weighted by Crippen LogP contribution is -2.54. The summed E-state index contributed by atoms with van der Waals surface area (Å²) in [4.78, 5) is 14.8. The molecule has 1 amide bonds. The zero-order chi connectivity index (χ0) is 16.9. The highest BCUT2D eigenvalue weighted by Gasteiger charge is 2.37. The second-order valence-corrected chi connectivity index (χ2v) is 7.30. The fraction of sp³-hybridized carbons (Fsp3) is 0.632. The van der Waals surface area contributed by atoms with Crippen molar-refractivity contribution < 1.29 is 4.79 Å². The van der Waals surface area contributed by atoms with Gasteiger partial charge in [-0.2, -0.15) is 0 Å². The lowest BCUT2D eigenvalue weighted by molar-refractivity contribution is -0.128. The van der Waals surface area contributed by atoms with Crippen LogP contribution in [0.4, 0.5) is 0 Å². The lowest BCUT2D eigenvalue weighted by Gasteiger charge is -2.37. The number of nitrogens with zero attached hydrogens (tertiary/aromatic N) is 1. The summed E-state index contributed by atoms with van der Waals surface area (Å²) in [6.45, 7) is 5.71. The Kier molecular flexibility index (Phi) is 6.19. The van der Waals surface area contributed by atoms with Gasteiger partial charge in [-0.15, -0.1) is 0 Å². The Balaban J connectivity index is 1.81. The van der Waals surface area contributed by atoms with E-state index < -0.39 is 0 Å². The van der Waals surface area contributed by atoms with Crippen LogP contribution in [-0.2, 0) is 11.3 Å². The van der Waals surface area contributed by atoms with E-state index in [1.807, 2.05) is 13.0 Å². The molecular formula is C19H31N3O. The van der Waals surface area contributed by atoms with Crippen molar-refractivity contribution in [1.82, 2.24) is 10.2 Å². The summed E-state index contributed by atoms with van der Waals surface area (Å²) in [6.07, 6.45) is 4.09. The summed E-state index contributed by atoms with van der Waals surface area (Å²) in [6, 6.07) is 10.7. The van der Waals surface area contributed by atoms with Crippen molar-refractivity contribution in [3.05, 3.63) is 35.9 Å². The SMILES string of the molecule is CC(CNC(=O)C1CCCCC1(C)N)N(C)Cc1ccccc1. The Labute approximate surface area is 140 Å². The van der Waals surface area contributed by atoms with Crippen molar-refractivity contribution >= 4 is 5.91 Å². The van der Waals surface area contributed by atoms with Gasteiger partial charge in [-0.1, -0.05) is 43.2 Å². The average molecular weight is 317 g/mol. The number of hydrogen-bond acceptors (Lipinski definition) is 3. The molecule has 0 heterocycles. The second kappa shape index (κ2) is 7.93. The number of carbonyl (C=O) groups excluding carboxylic acids is 1. The number of benzene rings is 1. The minimum Gasteiger partial charge on any atom is -0.354 e. The normalized spacial score (nSPS) is 26.0. The average Bonchev–Trinajstić information content (AvgIpc) is 2.52. The number of nitrogens with one attached hydrogen (secondary N) is 1. The predicted octanol–water partition coefficient (Wildman–Crippen LogP) is 2.53. The molecule has 1 aromatic rings. The third-order valence-electron chi connectivity index (χ3n) is 5.17. The molecule has 0 aliphatic heterocycles. The molecule has 0 radical (unpaired) electrons. The minimum absolute atomic E-state index is 0.0529. The topological polar surface area (TPSA) is 58.4 Å². The van der Waals surface area contributed by atoms with Crippen molar-refractivity contribution in [2.24, 2.45) is 11.7 Å². The summed E-state index contributed by atoms with van der Waals surface area (Å²) >= 11 is 0. The molecule has 3 unspecified atom stereocenters. The number of hydrogen-bond donors (Lipinski definition) is 2. The first-order chi connectivity index (χ1) is 10.9. The molecule has 1 aromatic carbocycles. The maximum atomic E-state index is 12.5. The summed E-state index contributed by atoms with van der Waals surface area (Å²) in [5.74, 6) is 0.0672. The molecule has 3 atom stereocenters. The first-order valence-corrected chi connectivity index (χ1v) is 8.71. The zero-order valence-corrected chi connectivity index (χ0v) is 14.7. The standard InChI is InChI=1S/C19H31N3O/c1-15(22(3)14-16-9-5-4-6-10-16)13-21-18(23)17-11-7-8-12-19(17,2)20/h4-6,9-10,15,17H,7-8,11-14,20H2,1-3H3,(H,21,23). The van der Waals surface area contributed by atoms with Crippen molar-refractivity contribution in [3.63, 3.8) is 0 Å². The first kappa shape index (κ1) is 18.0. The van der Waals surface area contributed by atoms with Crippen molar-refractivity contribution in [1.29, 1.82) is 0 Å². The van der Waals surface area contributed by atoms with Crippen LogP contribution in [-0.4, -0.2) is 36.0 Å². The minimum atomic E-state index is -0.360. The molecule has 4 nitrogen and oxygen atoms in total. The third-order valence-corrected chi connectivity index (χ3v) is 5.17. The van der Waals surface area contributed by atoms with Gasteiger partial charge in [0.2, 0.25) is 5.91 Å². The van der Waals surface area contributed by atoms with Gasteiger partial charge in [-0.25, -0.2) is 0 Å². The Morgan fingerprint density at radius 3 is 2.74 bits per heavy atom. The highest BCUT2D eigenvalue weighted by atomic mass is 16.1. The second-order valence-electron chi connectivity index (χ2n) is 7.30. The van der Waals surface area contributed by atoms with Crippen LogP contribution in [0, 0.1) is 5.92 Å². The molecule has 4 heteroatoms. The smallest absolute Gasteiger partial charge is 0.225 e. The molecule has 2 rings (SSSR count). The Hall–Kier alpha value is -1.39. The van der Waals surface area contributed by atoms with Crippen LogP contribution in [0.25, 0.3) is 0 Å². The fourth-order valence-corrected chi connectivity index (χ4v) is 3.34. The number of nitrogens with two attached hydrogens (primary N) is 1. The van der Waals surface area contributed by atoms with Crippen LogP contribution in [0.2, 0.25) is 0 Å². The molecule has 1 fully saturated rings. The number of likely N-dealkylation sites (N-methyl/N-ethyl adjacent to an activating group) is 1. The van der Waals surface area contributed by atoms with Gasteiger partial charge in [0.15, 0.2) is 0 Å². The molecule has 1 aliphatic rings. The molecule has 0 spiro atoms. The molecule has 0 bridgehead atoms. The Morgan fingerprint density at radius 1 is 1.39 bits per heavy atom. The first-order valence-electron chi connectivity index (χ1n) is 8.71. The number of rotatable bonds is 6. The van der Waals surface area contributed by atoms with Gasteiger partial charge in [-0.05, 0) is 39.3 Å². The van der Waals surface area contributed by atoms with E-state index in [-0.39, 0.29) is 23.4 Å². The van der Waals surface area contributed by atoms with Crippen LogP contribution < -0.4 is 11.1 Å². The maximum Gasteiger partial charge on any atom is 0.225 e. The monoisotopic (exact) mass is 317 g/mol. The Morgan fingerprint density at radius 2 is 2.09 bits per heavy atom. The highest BCUT2D eigenvalue weighted by Crippen LogP contribution is 2.31. The van der Waals surface area contributed by atoms with Gasteiger partial charge in [0, 0.05) is 24.7 Å². The van der Waals surface area contributed by atoms with Crippen LogP contribution in [0.1, 0.15) is 45.1 Å². The molecule has 128 valence electrons. The number of amides is 1. The van der Waals surface area contributed by atoms with E-state index in [0.717, 1.165) is 32.2 Å². The van der Waals surface area contributed by atoms with Crippen LogP contribution in [0.5, 0.6) is 0 Å². The lowest BCUT2D eigenvalue weighted by atomic mass is 9.74.